The average molecular weight is 761 g/mol. The van der Waals surface area contributed by atoms with E-state index in [1.165, 1.54) is 10.8 Å². The Labute approximate surface area is 308 Å². The minimum absolute atomic E-state index is 0.124. The third-order valence-electron chi connectivity index (χ3n) is 9.22. The Morgan fingerprint density at radius 1 is 0.904 bits per heavy atom. The van der Waals surface area contributed by atoms with Gasteiger partial charge in [0.25, 0.3) is 13.9 Å². The van der Waals surface area contributed by atoms with Gasteiger partial charge in [0, 0.05) is 25.5 Å². The Kier molecular flexibility index (Phi) is 15.4. The summed E-state index contributed by atoms with van der Waals surface area (Å²) in [6.45, 7) is 14.8. The van der Waals surface area contributed by atoms with Crippen molar-refractivity contribution in [3.63, 3.8) is 0 Å². The first-order valence-electron chi connectivity index (χ1n) is 18.2. The van der Waals surface area contributed by atoms with Gasteiger partial charge in [-0.05, 0) is 42.6 Å². The molecule has 3 aromatic rings. The van der Waals surface area contributed by atoms with E-state index in [-0.39, 0.29) is 32.6 Å². The highest BCUT2D eigenvalue weighted by molar-refractivity contribution is 7.53. The minimum Gasteiger partial charge on any atom is -0.399 e. The number of H-pyrrole nitrogens is 1. The molecule has 14 heteroatoms. The van der Waals surface area contributed by atoms with Gasteiger partial charge in [-0.25, -0.2) is 4.79 Å². The fourth-order valence-corrected chi connectivity index (χ4v) is 13.3. The predicted octanol–water partition coefficient (Wildman–Crippen LogP) is 5.17. The molecule has 0 spiro atoms. The molecule has 0 bridgehead atoms. The molecule has 2 heterocycles. The molecule has 12 nitrogen and oxygen atoms in total. The van der Waals surface area contributed by atoms with Gasteiger partial charge in [0.05, 0.1) is 38.7 Å². The minimum atomic E-state index is -3.69. The number of nitrogens with one attached hydrogen (secondary N) is 1. The lowest BCUT2D eigenvalue weighted by molar-refractivity contribution is -0.105. The summed E-state index contributed by atoms with van der Waals surface area (Å²) in [5.74, 6) is 0. The monoisotopic (exact) mass is 760 g/mol. The van der Waals surface area contributed by atoms with Crippen molar-refractivity contribution in [2.45, 2.75) is 97.0 Å². The number of methoxy groups -OCH3 is 1. The van der Waals surface area contributed by atoms with Gasteiger partial charge in [0.1, 0.15) is 18.3 Å². The normalized spacial score (nSPS) is 20.3. The van der Waals surface area contributed by atoms with Crippen LogP contribution in [0.25, 0.3) is 0 Å². The van der Waals surface area contributed by atoms with Gasteiger partial charge in [-0.2, -0.15) is 0 Å². The summed E-state index contributed by atoms with van der Waals surface area (Å²) in [5, 5.41) is 1.62. The number of hydrogen-bond donors (Lipinski definition) is 1. The maximum Gasteiger partial charge on any atom is 0.333 e. The molecule has 0 radical (unpaired) electrons. The summed E-state index contributed by atoms with van der Waals surface area (Å²) >= 11 is 0. The van der Waals surface area contributed by atoms with Crippen LogP contribution in [0.2, 0.25) is 5.04 Å². The maximum absolute atomic E-state index is 14.2. The van der Waals surface area contributed by atoms with E-state index in [4.69, 9.17) is 32.4 Å². The van der Waals surface area contributed by atoms with Crippen molar-refractivity contribution in [2.75, 3.05) is 46.3 Å². The Balaban J connectivity index is 2.02. The first-order valence-corrected chi connectivity index (χ1v) is 21.9. The summed E-state index contributed by atoms with van der Waals surface area (Å²) in [6, 6.07) is 20.4. The second kappa shape index (κ2) is 19.0. The number of aromatic amines is 1. The third kappa shape index (κ3) is 9.68. The molecular formula is C38H57N2O10PSi. The van der Waals surface area contributed by atoms with Gasteiger partial charge in [-0.3, -0.25) is 18.9 Å². The number of hydrogen-bond acceptors (Lipinski definition) is 10. The van der Waals surface area contributed by atoms with Crippen LogP contribution in [0, 0.1) is 6.92 Å². The van der Waals surface area contributed by atoms with Crippen molar-refractivity contribution in [3.8, 4) is 0 Å². The zero-order chi connectivity index (χ0) is 37.9. The highest BCUT2D eigenvalue weighted by Crippen LogP contribution is 2.51. The maximum atomic E-state index is 14.2. The fourth-order valence-electron chi connectivity index (χ4n) is 6.82. The largest absolute Gasteiger partial charge is 0.399 e. The van der Waals surface area contributed by atoms with E-state index < -0.39 is 62.8 Å². The molecule has 0 unspecified atom stereocenters. The Morgan fingerprint density at radius 3 is 2.02 bits per heavy atom. The van der Waals surface area contributed by atoms with Crippen molar-refractivity contribution in [3.05, 3.63) is 93.3 Å². The van der Waals surface area contributed by atoms with Crippen molar-refractivity contribution in [1.82, 2.24) is 9.55 Å². The van der Waals surface area contributed by atoms with E-state index in [0.717, 1.165) is 23.2 Å². The summed E-state index contributed by atoms with van der Waals surface area (Å²) < 4.78 is 60.4. The molecular weight excluding hydrogens is 703 g/mol. The van der Waals surface area contributed by atoms with E-state index in [0.29, 0.717) is 12.2 Å². The van der Waals surface area contributed by atoms with Crippen LogP contribution in [0.3, 0.4) is 0 Å². The van der Waals surface area contributed by atoms with Crippen molar-refractivity contribution < 1.29 is 37.0 Å². The van der Waals surface area contributed by atoms with Gasteiger partial charge in [-0.1, -0.05) is 94.8 Å². The van der Waals surface area contributed by atoms with Crippen molar-refractivity contribution in [2.24, 2.45) is 0 Å². The highest BCUT2D eigenvalue weighted by atomic mass is 31.2. The molecule has 5 atom stereocenters. The number of nitrogens with zero attached hydrogens (tertiary/aromatic N) is 1. The molecule has 1 fully saturated rings. The van der Waals surface area contributed by atoms with Crippen LogP contribution in [-0.4, -0.2) is 88.6 Å². The topological polar surface area (TPSA) is 137 Å². The summed E-state index contributed by atoms with van der Waals surface area (Å²) in [4.78, 5) is 28.5. The summed E-state index contributed by atoms with van der Waals surface area (Å²) in [7, 11) is -5.42. The van der Waals surface area contributed by atoms with Crippen LogP contribution in [0.5, 0.6) is 0 Å². The molecule has 1 aliphatic rings. The lowest BCUT2D eigenvalue weighted by Crippen LogP contribution is -2.69. The van der Waals surface area contributed by atoms with E-state index >= 15 is 0 Å². The first-order chi connectivity index (χ1) is 24.9. The Bertz CT molecular complexity index is 1650. The number of ether oxygens (including phenoxy) is 4. The van der Waals surface area contributed by atoms with Crippen LogP contribution in [0.4, 0.5) is 0 Å². The molecule has 288 valence electrons. The van der Waals surface area contributed by atoms with E-state index in [1.54, 1.807) is 27.9 Å². The van der Waals surface area contributed by atoms with Crippen LogP contribution < -0.4 is 21.6 Å². The zero-order valence-corrected chi connectivity index (χ0v) is 33.8. The summed E-state index contributed by atoms with van der Waals surface area (Å²) in [5.41, 5.74) is -0.842. The third-order valence-corrected chi connectivity index (χ3v) is 16.4. The van der Waals surface area contributed by atoms with Gasteiger partial charge >= 0.3 is 13.3 Å². The predicted molar refractivity (Wildman–Crippen MR) is 204 cm³/mol. The number of unbranched alkanes of at least 4 members (excludes halogenated alkanes) is 1. The number of benzene rings is 2. The fraction of sp³-hybridized carbons (Fsp3) is 0.579. The van der Waals surface area contributed by atoms with Gasteiger partial charge in [0.2, 0.25) is 0 Å². The van der Waals surface area contributed by atoms with Crippen LogP contribution >= 0.6 is 7.60 Å². The first kappa shape index (κ1) is 42.0. The number of aromatic nitrogens is 2. The molecule has 0 amide bonds. The lowest BCUT2D eigenvalue weighted by atomic mass is 10.1. The number of rotatable bonds is 20. The molecule has 1 aromatic heterocycles. The molecule has 1 N–H and O–H groups in total. The Hall–Kier alpha value is -2.71. The van der Waals surface area contributed by atoms with E-state index in [9.17, 15) is 14.2 Å². The number of aryl methyl sites for hydroxylation is 1. The molecule has 52 heavy (non-hydrogen) atoms. The molecule has 2 aromatic carbocycles. The second-order valence-electron chi connectivity index (χ2n) is 13.9. The van der Waals surface area contributed by atoms with Crippen LogP contribution in [0.15, 0.2) is 76.4 Å². The van der Waals surface area contributed by atoms with Crippen molar-refractivity contribution >= 4 is 26.3 Å². The SMILES string of the molecule is CCCCO[C@H](CP(=O)(OCC)OCC)[C@H]1O[C@@H](n2cc(C)c(=O)[nH]c2=O)[C@H](OCCOC)[C@@H]1O[Si](c1ccccc1)(c1ccccc1)C(C)(C)C. The Morgan fingerprint density at radius 2 is 1.50 bits per heavy atom. The second-order valence-corrected chi connectivity index (χ2v) is 20.3. The van der Waals surface area contributed by atoms with Crippen LogP contribution in [-0.2, 0) is 37.0 Å². The smallest absolute Gasteiger partial charge is 0.333 e. The van der Waals surface area contributed by atoms with Gasteiger partial charge in [0.15, 0.2) is 6.23 Å². The molecule has 1 saturated heterocycles. The molecule has 0 saturated carbocycles. The average Bonchev–Trinajstić information content (AvgIpc) is 3.46. The zero-order valence-electron chi connectivity index (χ0n) is 31.9. The molecule has 0 aliphatic carbocycles. The van der Waals surface area contributed by atoms with E-state index in [1.807, 2.05) is 36.4 Å². The van der Waals surface area contributed by atoms with Gasteiger partial charge < -0.3 is 32.4 Å². The quantitative estimate of drug-likeness (QED) is 0.0934. The molecule has 1 aliphatic heterocycles. The standard InChI is InChI=1S/C38H57N2O10PSi/c1-9-12-23-45-31(27-51(43,47-10-2)48-11-3)32-33(34(46-25-24-44-8)36(49-32)40-26-28(4)35(41)39-37(40)42)50-52(38(5,6)7,29-19-15-13-16-20-29)30-21-17-14-18-22-30/h13-22,26,31-34,36H,9-12,23-25,27H2,1-8H3,(H,39,41,42)/t31-,32-,33-,34-,36-/m1/s1. The van der Waals surface area contributed by atoms with Gasteiger partial charge in [-0.15, -0.1) is 0 Å². The molecule has 4 rings (SSSR count). The van der Waals surface area contributed by atoms with Crippen LogP contribution in [0.1, 0.15) is 66.2 Å². The lowest BCUT2D eigenvalue weighted by Gasteiger charge is -2.46. The summed E-state index contributed by atoms with van der Waals surface area (Å²) in [6.07, 6.45) is -1.68. The van der Waals surface area contributed by atoms with E-state index in [2.05, 4.69) is 56.9 Å². The highest BCUT2D eigenvalue weighted by Gasteiger charge is 2.59. The van der Waals surface area contributed by atoms with Crippen molar-refractivity contribution in [1.29, 1.82) is 0 Å².